The van der Waals surface area contributed by atoms with Crippen LogP contribution in [0.4, 0.5) is 0 Å². The molecule has 0 bridgehead atoms. The summed E-state index contributed by atoms with van der Waals surface area (Å²) in [6, 6.07) is 6.42. The van der Waals surface area contributed by atoms with E-state index in [-0.39, 0.29) is 11.7 Å². The summed E-state index contributed by atoms with van der Waals surface area (Å²) in [5, 5.41) is 3.71. The maximum atomic E-state index is 11.5. The van der Waals surface area contributed by atoms with Gasteiger partial charge in [-0.15, -0.1) is 0 Å². The Morgan fingerprint density at radius 1 is 1.29 bits per heavy atom. The highest BCUT2D eigenvalue weighted by molar-refractivity contribution is 9.09. The zero-order chi connectivity index (χ0) is 15.7. The number of carbonyl (C=O) groups excluding carboxylic acids is 1. The molecule has 21 heavy (non-hydrogen) atoms. The number of benzene rings is 1. The van der Waals surface area contributed by atoms with Gasteiger partial charge < -0.3 is 9.50 Å². The van der Waals surface area contributed by atoms with Crippen LogP contribution in [0, 0.1) is 0 Å². The summed E-state index contributed by atoms with van der Waals surface area (Å²) in [4.78, 5) is 11.5. The molecule has 1 N–H and O–H groups in total. The third-order valence-corrected chi connectivity index (χ3v) is 3.47. The molecule has 0 aliphatic carbocycles. The van der Waals surface area contributed by atoms with Crippen molar-refractivity contribution in [3.8, 4) is 5.75 Å². The predicted molar refractivity (Wildman–Crippen MR) is 87.0 cm³/mol. The first-order valence-electron chi connectivity index (χ1n) is 6.42. The Hall–Kier alpha value is -1.34. The third kappa shape index (κ3) is 8.52. The average molecular weight is 376 g/mol. The molecule has 0 saturated carbocycles. The van der Waals surface area contributed by atoms with Crippen molar-refractivity contribution < 1.29 is 17.4 Å². The van der Waals surface area contributed by atoms with E-state index in [1.165, 1.54) is 18.2 Å². The summed E-state index contributed by atoms with van der Waals surface area (Å²) in [7, 11) is -3.52. The van der Waals surface area contributed by atoms with Crippen molar-refractivity contribution in [3.05, 3.63) is 35.9 Å². The summed E-state index contributed by atoms with van der Waals surface area (Å²) in [5.74, 6) is 0.0925. The van der Waals surface area contributed by atoms with Crippen molar-refractivity contribution in [2.45, 2.75) is 12.8 Å². The molecule has 0 saturated heterocycles. The van der Waals surface area contributed by atoms with E-state index in [2.05, 4.69) is 21.2 Å². The number of carbonyl (C=O) groups is 1. The summed E-state index contributed by atoms with van der Waals surface area (Å²) < 4.78 is 26.6. The lowest BCUT2D eigenvalue weighted by molar-refractivity contribution is -0.116. The molecular formula is C14H18BrNO4S. The van der Waals surface area contributed by atoms with E-state index in [9.17, 15) is 13.2 Å². The van der Waals surface area contributed by atoms with Gasteiger partial charge in [-0.25, -0.2) is 0 Å². The number of hydrogen-bond acceptors (Lipinski definition) is 4. The van der Waals surface area contributed by atoms with Gasteiger partial charge in [0, 0.05) is 18.0 Å². The van der Waals surface area contributed by atoms with Gasteiger partial charge in [-0.3, -0.25) is 4.79 Å². The van der Waals surface area contributed by atoms with E-state index in [1.54, 1.807) is 18.2 Å². The first-order valence-corrected chi connectivity index (χ1v) is 9.36. The monoisotopic (exact) mass is 375 g/mol. The van der Waals surface area contributed by atoms with E-state index in [4.69, 9.17) is 4.18 Å². The molecule has 0 spiro atoms. The molecule has 7 heteroatoms. The second-order valence-electron chi connectivity index (χ2n) is 4.38. The number of rotatable bonds is 8. The molecule has 0 radical (unpaired) electrons. The fourth-order valence-corrected chi connectivity index (χ4v) is 2.33. The maximum Gasteiger partial charge on any atom is 0.306 e. The molecule has 1 rings (SSSR count). The number of alkyl halides is 1. The quantitative estimate of drug-likeness (QED) is 0.327. The number of hydrogen-bond donors (Lipinski definition) is 1. The number of unbranched alkanes of at least 4 members (excludes halogenated alkanes) is 1. The third-order valence-electron chi connectivity index (χ3n) is 2.41. The molecule has 1 amide bonds. The van der Waals surface area contributed by atoms with Gasteiger partial charge in [0.05, 0.1) is 6.26 Å². The molecule has 1 aromatic rings. The van der Waals surface area contributed by atoms with E-state index >= 15 is 0 Å². The van der Waals surface area contributed by atoms with E-state index in [0.717, 1.165) is 30.0 Å². The van der Waals surface area contributed by atoms with Crippen molar-refractivity contribution in [1.29, 1.82) is 0 Å². The molecule has 0 fully saturated rings. The highest BCUT2D eigenvalue weighted by Crippen LogP contribution is 2.14. The molecule has 0 aromatic heterocycles. The normalized spacial score (nSPS) is 11.5. The Morgan fingerprint density at radius 3 is 2.52 bits per heavy atom. The van der Waals surface area contributed by atoms with Crippen LogP contribution in [0.1, 0.15) is 18.4 Å². The van der Waals surface area contributed by atoms with Crippen LogP contribution in [0.5, 0.6) is 5.75 Å². The lowest BCUT2D eigenvalue weighted by Gasteiger charge is -2.03. The molecule has 0 atom stereocenters. The molecule has 0 aliphatic rings. The number of halogens is 1. The second kappa shape index (κ2) is 8.84. The van der Waals surface area contributed by atoms with Crippen molar-refractivity contribution in [2.75, 3.05) is 18.1 Å². The smallest absolute Gasteiger partial charge is 0.306 e. The van der Waals surface area contributed by atoms with Crippen LogP contribution in [-0.2, 0) is 14.9 Å². The largest absolute Gasteiger partial charge is 0.383 e. The molecule has 116 valence electrons. The summed E-state index contributed by atoms with van der Waals surface area (Å²) in [6.07, 6.45) is 6.04. The molecule has 1 aromatic carbocycles. The predicted octanol–water partition coefficient (Wildman–Crippen LogP) is 2.33. The van der Waals surface area contributed by atoms with Crippen LogP contribution in [0.2, 0.25) is 0 Å². The van der Waals surface area contributed by atoms with E-state index in [1.807, 2.05) is 0 Å². The lowest BCUT2D eigenvalue weighted by atomic mass is 10.2. The minimum atomic E-state index is -3.52. The Kier molecular flexibility index (Phi) is 7.45. The Labute approximate surface area is 133 Å². The van der Waals surface area contributed by atoms with Gasteiger partial charge >= 0.3 is 10.1 Å². The highest BCUT2D eigenvalue weighted by atomic mass is 79.9. The van der Waals surface area contributed by atoms with Crippen molar-refractivity contribution in [1.82, 2.24) is 5.32 Å². The van der Waals surface area contributed by atoms with Crippen molar-refractivity contribution in [2.24, 2.45) is 0 Å². The Morgan fingerprint density at radius 2 is 1.95 bits per heavy atom. The number of amides is 1. The zero-order valence-electron chi connectivity index (χ0n) is 11.7. The van der Waals surface area contributed by atoms with Gasteiger partial charge in [0.2, 0.25) is 5.91 Å². The summed E-state index contributed by atoms with van der Waals surface area (Å²) in [5.41, 5.74) is 0.784. The second-order valence-corrected chi connectivity index (χ2v) is 6.74. The first kappa shape index (κ1) is 17.7. The topological polar surface area (TPSA) is 72.5 Å². The van der Waals surface area contributed by atoms with E-state index in [0.29, 0.717) is 6.54 Å². The zero-order valence-corrected chi connectivity index (χ0v) is 14.1. The summed E-state index contributed by atoms with van der Waals surface area (Å²) >= 11 is 3.33. The molecule has 0 heterocycles. The van der Waals surface area contributed by atoms with Crippen molar-refractivity contribution in [3.63, 3.8) is 0 Å². The first-order chi connectivity index (χ1) is 9.90. The number of nitrogens with one attached hydrogen (secondary N) is 1. The SMILES string of the molecule is CS(=O)(=O)Oc1ccc(C=CC(=O)NCCCCBr)cc1. The Bertz CT molecular complexity index is 581. The maximum absolute atomic E-state index is 11.5. The minimum Gasteiger partial charge on any atom is -0.383 e. The van der Waals surface area contributed by atoms with Gasteiger partial charge in [-0.2, -0.15) is 8.42 Å². The minimum absolute atomic E-state index is 0.152. The molecule has 5 nitrogen and oxygen atoms in total. The highest BCUT2D eigenvalue weighted by Gasteiger charge is 2.03. The summed E-state index contributed by atoms with van der Waals surface area (Å²) in [6.45, 7) is 0.649. The standard InChI is InChI=1S/C14H18BrNO4S/c1-21(18,19)20-13-7-4-12(5-8-13)6-9-14(17)16-11-3-2-10-15/h4-9H,2-3,10-11H2,1H3,(H,16,17). The van der Waals surface area contributed by atoms with Crippen LogP contribution in [0.25, 0.3) is 6.08 Å². The Balaban J connectivity index is 2.47. The van der Waals surface area contributed by atoms with E-state index < -0.39 is 10.1 Å². The van der Waals surface area contributed by atoms with Gasteiger partial charge in [0.15, 0.2) is 0 Å². The van der Waals surface area contributed by atoms with Crippen LogP contribution in [-0.4, -0.2) is 32.5 Å². The van der Waals surface area contributed by atoms with Gasteiger partial charge in [0.1, 0.15) is 5.75 Å². The van der Waals surface area contributed by atoms with Crippen LogP contribution in [0.3, 0.4) is 0 Å². The van der Waals surface area contributed by atoms with Crippen molar-refractivity contribution >= 4 is 38.0 Å². The fourth-order valence-electron chi connectivity index (χ4n) is 1.47. The van der Waals surface area contributed by atoms with Gasteiger partial charge in [-0.1, -0.05) is 28.1 Å². The van der Waals surface area contributed by atoms with Gasteiger partial charge in [-0.05, 0) is 36.6 Å². The van der Waals surface area contributed by atoms with Crippen LogP contribution < -0.4 is 9.50 Å². The van der Waals surface area contributed by atoms with Crippen LogP contribution in [0.15, 0.2) is 30.3 Å². The van der Waals surface area contributed by atoms with Crippen LogP contribution >= 0.6 is 15.9 Å². The molecule has 0 aliphatic heterocycles. The average Bonchev–Trinajstić information content (AvgIpc) is 2.41. The van der Waals surface area contributed by atoms with Gasteiger partial charge in [0.25, 0.3) is 0 Å². The molecule has 0 unspecified atom stereocenters. The fraction of sp³-hybridized carbons (Fsp3) is 0.357. The molecular weight excluding hydrogens is 358 g/mol. The lowest BCUT2D eigenvalue weighted by Crippen LogP contribution is -2.22.